The molecule has 3 heterocycles. The first kappa shape index (κ1) is 19.6. The van der Waals surface area contributed by atoms with Crippen molar-refractivity contribution in [1.82, 2.24) is 24.7 Å². The Morgan fingerprint density at radius 3 is 2.69 bits per heavy atom. The third-order valence-corrected chi connectivity index (χ3v) is 4.87. The van der Waals surface area contributed by atoms with E-state index in [0.29, 0.717) is 28.8 Å². The second kappa shape index (κ2) is 8.38. The lowest BCUT2D eigenvalue weighted by atomic mass is 10.2. The van der Waals surface area contributed by atoms with Gasteiger partial charge in [-0.2, -0.15) is 4.98 Å². The van der Waals surface area contributed by atoms with Crippen molar-refractivity contribution in [2.24, 2.45) is 0 Å². The predicted octanol–water partition coefficient (Wildman–Crippen LogP) is 4.18. The summed E-state index contributed by atoms with van der Waals surface area (Å²) in [5.41, 5.74) is 3.06. The summed E-state index contributed by atoms with van der Waals surface area (Å²) in [6.07, 6.45) is 3.77. The molecule has 0 atom stereocenters. The zero-order chi connectivity index (χ0) is 21.9. The van der Waals surface area contributed by atoms with Gasteiger partial charge in [-0.1, -0.05) is 17.3 Å². The number of aryl methyl sites for hydroxylation is 1. The molecule has 0 aliphatic heterocycles. The third-order valence-electron chi connectivity index (χ3n) is 4.87. The zero-order valence-corrected chi connectivity index (χ0v) is 16.8. The topological polar surface area (TPSA) is 98.7 Å². The number of aromatic nitrogens is 5. The van der Waals surface area contributed by atoms with E-state index in [1.807, 2.05) is 34.9 Å². The first-order valence-corrected chi connectivity index (χ1v) is 9.92. The number of hydrogen-bond donors (Lipinski definition) is 1. The van der Waals surface area contributed by atoms with Crippen molar-refractivity contribution in [3.05, 3.63) is 84.9 Å². The minimum atomic E-state index is -0.338. The van der Waals surface area contributed by atoms with E-state index in [2.05, 4.69) is 25.4 Å². The van der Waals surface area contributed by atoms with Gasteiger partial charge in [0.2, 0.25) is 17.6 Å². The van der Waals surface area contributed by atoms with Crippen molar-refractivity contribution >= 4 is 22.6 Å². The van der Waals surface area contributed by atoms with Gasteiger partial charge in [-0.05, 0) is 48.5 Å². The number of carbonyl (C=O) groups is 1. The first-order chi connectivity index (χ1) is 15.7. The van der Waals surface area contributed by atoms with E-state index >= 15 is 0 Å². The molecule has 158 valence electrons. The molecule has 1 amide bonds. The molecule has 9 heteroatoms. The molecular weight excluding hydrogens is 411 g/mol. The number of halogens is 1. The molecule has 0 aliphatic rings. The van der Waals surface area contributed by atoms with E-state index in [0.717, 1.165) is 11.0 Å². The highest BCUT2D eigenvalue weighted by molar-refractivity contribution is 5.90. The van der Waals surface area contributed by atoms with E-state index in [-0.39, 0.29) is 24.6 Å². The summed E-state index contributed by atoms with van der Waals surface area (Å²) in [5, 5.41) is 6.68. The number of amides is 1. The number of fused-ring (bicyclic) bond motifs is 1. The summed E-state index contributed by atoms with van der Waals surface area (Å²) in [7, 11) is 0. The largest absolute Gasteiger partial charge is 0.339 e. The Bertz CT molecular complexity index is 1380. The number of nitrogens with one attached hydrogen (secondary N) is 1. The van der Waals surface area contributed by atoms with E-state index in [1.54, 1.807) is 30.7 Å². The second-order valence-corrected chi connectivity index (χ2v) is 7.08. The van der Waals surface area contributed by atoms with Crippen molar-refractivity contribution in [1.29, 1.82) is 0 Å². The van der Waals surface area contributed by atoms with Crippen LogP contribution in [-0.2, 0) is 11.2 Å². The number of nitrogens with zero attached hydrogens (tertiary/aromatic N) is 5. The summed E-state index contributed by atoms with van der Waals surface area (Å²) >= 11 is 0. The van der Waals surface area contributed by atoms with Crippen molar-refractivity contribution in [3.8, 4) is 17.2 Å². The van der Waals surface area contributed by atoms with Gasteiger partial charge in [0.15, 0.2) is 0 Å². The number of carbonyl (C=O) groups excluding carboxylic acids is 1. The molecule has 0 bridgehead atoms. The fourth-order valence-electron chi connectivity index (χ4n) is 3.26. The molecule has 32 heavy (non-hydrogen) atoms. The zero-order valence-electron chi connectivity index (χ0n) is 16.8. The van der Waals surface area contributed by atoms with Crippen molar-refractivity contribution < 1.29 is 13.7 Å². The molecule has 3 aromatic heterocycles. The van der Waals surface area contributed by atoms with E-state index in [1.165, 1.54) is 12.1 Å². The van der Waals surface area contributed by atoms with Crippen LogP contribution in [0.4, 0.5) is 10.1 Å². The molecule has 5 aromatic rings. The van der Waals surface area contributed by atoms with Crippen LogP contribution in [0.1, 0.15) is 12.3 Å². The Balaban J connectivity index is 1.19. The fraction of sp³-hybridized carbons (Fsp3) is 0.0870. The van der Waals surface area contributed by atoms with Crippen molar-refractivity contribution in [2.75, 3.05) is 5.32 Å². The molecule has 0 fully saturated rings. The highest BCUT2D eigenvalue weighted by Gasteiger charge is 2.12. The van der Waals surface area contributed by atoms with Gasteiger partial charge < -0.3 is 9.84 Å². The van der Waals surface area contributed by atoms with Crippen LogP contribution in [0.3, 0.4) is 0 Å². The van der Waals surface area contributed by atoms with Gasteiger partial charge in [-0.3, -0.25) is 9.36 Å². The molecule has 8 nitrogen and oxygen atoms in total. The summed E-state index contributed by atoms with van der Waals surface area (Å²) < 4.78 is 20.1. The normalized spacial score (nSPS) is 11.0. The van der Waals surface area contributed by atoms with Crippen LogP contribution in [0.15, 0.2) is 77.7 Å². The van der Waals surface area contributed by atoms with Crippen LogP contribution in [-0.4, -0.2) is 30.6 Å². The van der Waals surface area contributed by atoms with E-state index in [9.17, 15) is 9.18 Å². The molecule has 0 saturated heterocycles. The Morgan fingerprint density at radius 1 is 1.03 bits per heavy atom. The highest BCUT2D eigenvalue weighted by Crippen LogP contribution is 2.19. The SMILES string of the molecule is O=C(CCc1nc(-c2ccc(F)cc2)no1)Nc1ccc(-n2cnc3ccccc32)nc1. The number of para-hydroxylation sites is 2. The summed E-state index contributed by atoms with van der Waals surface area (Å²) in [4.78, 5) is 25.3. The monoisotopic (exact) mass is 428 g/mol. The quantitative estimate of drug-likeness (QED) is 0.436. The molecule has 2 aromatic carbocycles. The van der Waals surface area contributed by atoms with Crippen molar-refractivity contribution in [2.45, 2.75) is 12.8 Å². The van der Waals surface area contributed by atoms with Gasteiger partial charge in [-0.15, -0.1) is 0 Å². The van der Waals surface area contributed by atoms with Gasteiger partial charge in [-0.25, -0.2) is 14.4 Å². The average Bonchev–Trinajstić information content (AvgIpc) is 3.46. The van der Waals surface area contributed by atoms with Crippen LogP contribution >= 0.6 is 0 Å². The lowest BCUT2D eigenvalue weighted by Crippen LogP contribution is -2.12. The van der Waals surface area contributed by atoms with Crippen LogP contribution in [0.2, 0.25) is 0 Å². The third kappa shape index (κ3) is 4.08. The molecule has 0 unspecified atom stereocenters. The van der Waals surface area contributed by atoms with Gasteiger partial charge in [0.1, 0.15) is 18.0 Å². The van der Waals surface area contributed by atoms with Gasteiger partial charge >= 0.3 is 0 Å². The Labute approximate surface area is 181 Å². The molecular formula is C23H17FN6O2. The van der Waals surface area contributed by atoms with Gasteiger partial charge in [0, 0.05) is 18.4 Å². The highest BCUT2D eigenvalue weighted by atomic mass is 19.1. The van der Waals surface area contributed by atoms with Crippen LogP contribution in [0.5, 0.6) is 0 Å². The summed E-state index contributed by atoms with van der Waals surface area (Å²) in [6, 6.07) is 17.2. The van der Waals surface area contributed by atoms with E-state index < -0.39 is 0 Å². The maximum atomic E-state index is 13.0. The van der Waals surface area contributed by atoms with Gasteiger partial charge in [0.25, 0.3) is 0 Å². The number of hydrogen-bond acceptors (Lipinski definition) is 6. The minimum absolute atomic E-state index is 0.166. The number of pyridine rings is 1. The van der Waals surface area contributed by atoms with Crippen LogP contribution in [0.25, 0.3) is 28.2 Å². The number of benzene rings is 2. The summed E-state index contributed by atoms with van der Waals surface area (Å²) in [6.45, 7) is 0. The minimum Gasteiger partial charge on any atom is -0.339 e. The molecule has 0 aliphatic carbocycles. The average molecular weight is 428 g/mol. The maximum absolute atomic E-state index is 13.0. The standard InChI is InChI=1S/C23H17FN6O2/c24-16-7-5-15(6-8-16)23-28-22(32-29-23)12-11-21(31)27-17-9-10-20(25-13-17)30-14-26-18-3-1-2-4-19(18)30/h1-10,13-14H,11-12H2,(H,27,31). The fourth-order valence-corrected chi connectivity index (χ4v) is 3.26. The number of anilines is 1. The van der Waals surface area contributed by atoms with Crippen molar-refractivity contribution in [3.63, 3.8) is 0 Å². The molecule has 5 rings (SSSR count). The number of rotatable bonds is 6. The second-order valence-electron chi connectivity index (χ2n) is 7.08. The lowest BCUT2D eigenvalue weighted by molar-refractivity contribution is -0.116. The first-order valence-electron chi connectivity index (χ1n) is 9.92. The molecule has 0 spiro atoms. The maximum Gasteiger partial charge on any atom is 0.227 e. The Morgan fingerprint density at radius 2 is 1.88 bits per heavy atom. The predicted molar refractivity (Wildman–Crippen MR) is 116 cm³/mol. The summed E-state index contributed by atoms with van der Waals surface area (Å²) in [5.74, 6) is 0.854. The number of imidazole rings is 1. The Hall–Kier alpha value is -4.40. The lowest BCUT2D eigenvalue weighted by Gasteiger charge is -2.06. The Kier molecular flexibility index (Phi) is 5.12. The van der Waals surface area contributed by atoms with Gasteiger partial charge in [0.05, 0.1) is 22.9 Å². The smallest absolute Gasteiger partial charge is 0.227 e. The molecule has 0 radical (unpaired) electrons. The molecule has 1 N–H and O–H groups in total. The van der Waals surface area contributed by atoms with Crippen LogP contribution < -0.4 is 5.32 Å². The van der Waals surface area contributed by atoms with Crippen LogP contribution in [0, 0.1) is 5.82 Å². The van der Waals surface area contributed by atoms with E-state index in [4.69, 9.17) is 4.52 Å². The molecule has 0 saturated carbocycles.